The van der Waals surface area contributed by atoms with Crippen LogP contribution < -0.4 is 10.2 Å². The number of hydrogen-bond donors (Lipinski definition) is 0. The molecule has 138 valence electrons. The third kappa shape index (κ3) is 3.14. The minimum absolute atomic E-state index is 0.297. The summed E-state index contributed by atoms with van der Waals surface area (Å²) in [5.41, 5.74) is 0.306. The van der Waals surface area contributed by atoms with Crippen molar-refractivity contribution in [1.29, 1.82) is 0 Å². The largest absolute Gasteiger partial charge is 0.499 e. The van der Waals surface area contributed by atoms with Gasteiger partial charge in [0, 0.05) is 5.46 Å². The van der Waals surface area contributed by atoms with Gasteiger partial charge in [0.05, 0.1) is 17.3 Å². The standard InChI is InChI=1S/C22H29BO3/c1-21(2)22(3,4)26-23(25-21)20-18-13-9-8-10-16(18)14-15-19(20)24-17-11-6-5-7-12-17/h8-10,13-15,17H,5-7,11-12H2,1-4H3. The Hall–Kier alpha value is -1.52. The molecule has 0 bridgehead atoms. The summed E-state index contributed by atoms with van der Waals surface area (Å²) in [6.07, 6.45) is 6.40. The SMILES string of the molecule is CC1(C)OB(c2c(OC3CCCCC3)ccc3ccccc23)OC1(C)C. The van der Waals surface area contributed by atoms with Gasteiger partial charge in [-0.05, 0) is 70.2 Å². The summed E-state index contributed by atoms with van der Waals surface area (Å²) in [6.45, 7) is 8.39. The van der Waals surface area contributed by atoms with E-state index in [1.807, 2.05) is 0 Å². The number of rotatable bonds is 3. The third-order valence-corrected chi connectivity index (χ3v) is 6.27. The van der Waals surface area contributed by atoms with Crippen molar-refractivity contribution in [3.8, 4) is 5.75 Å². The lowest BCUT2D eigenvalue weighted by molar-refractivity contribution is 0.00578. The summed E-state index contributed by atoms with van der Waals surface area (Å²) >= 11 is 0. The summed E-state index contributed by atoms with van der Waals surface area (Å²) in [4.78, 5) is 0. The molecule has 0 spiro atoms. The highest BCUT2D eigenvalue weighted by Crippen LogP contribution is 2.38. The van der Waals surface area contributed by atoms with Gasteiger partial charge in [-0.3, -0.25) is 0 Å². The molecule has 0 atom stereocenters. The number of fused-ring (bicyclic) bond motifs is 1. The lowest BCUT2D eigenvalue weighted by atomic mass is 9.75. The zero-order chi connectivity index (χ0) is 18.4. The van der Waals surface area contributed by atoms with E-state index in [1.165, 1.54) is 24.6 Å². The molecular weight excluding hydrogens is 323 g/mol. The summed E-state index contributed by atoms with van der Waals surface area (Å²) in [5.74, 6) is 0.911. The van der Waals surface area contributed by atoms with Crippen LogP contribution in [0.25, 0.3) is 10.8 Å². The first kappa shape index (κ1) is 17.9. The lowest BCUT2D eigenvalue weighted by Gasteiger charge is -2.32. The van der Waals surface area contributed by atoms with E-state index in [9.17, 15) is 0 Å². The molecule has 1 saturated carbocycles. The Kier molecular flexibility index (Phi) is 4.52. The van der Waals surface area contributed by atoms with Gasteiger partial charge >= 0.3 is 7.12 Å². The molecule has 2 fully saturated rings. The van der Waals surface area contributed by atoms with Gasteiger partial charge in [0.1, 0.15) is 5.75 Å². The minimum atomic E-state index is -0.412. The molecule has 0 N–H and O–H groups in total. The van der Waals surface area contributed by atoms with Gasteiger partial charge in [-0.2, -0.15) is 0 Å². The molecule has 2 aromatic rings. The maximum atomic E-state index is 6.48. The zero-order valence-corrected chi connectivity index (χ0v) is 16.4. The predicted octanol–water partition coefficient (Wildman–Crippen LogP) is 4.85. The third-order valence-electron chi connectivity index (χ3n) is 6.27. The van der Waals surface area contributed by atoms with Gasteiger partial charge in [-0.25, -0.2) is 0 Å². The second-order valence-electron chi connectivity index (χ2n) is 8.66. The monoisotopic (exact) mass is 352 g/mol. The Bertz CT molecular complexity index is 777. The highest BCUT2D eigenvalue weighted by molar-refractivity contribution is 6.66. The first-order chi connectivity index (χ1) is 12.4. The van der Waals surface area contributed by atoms with Gasteiger partial charge in [-0.15, -0.1) is 0 Å². The molecule has 26 heavy (non-hydrogen) atoms. The van der Waals surface area contributed by atoms with Crippen molar-refractivity contribution >= 4 is 23.4 Å². The van der Waals surface area contributed by atoms with Gasteiger partial charge in [0.2, 0.25) is 0 Å². The highest BCUT2D eigenvalue weighted by Gasteiger charge is 2.53. The summed E-state index contributed by atoms with van der Waals surface area (Å²) in [5, 5.41) is 2.34. The Morgan fingerprint density at radius 1 is 0.885 bits per heavy atom. The van der Waals surface area contributed by atoms with E-state index in [1.54, 1.807) is 0 Å². The average molecular weight is 352 g/mol. The molecule has 1 aliphatic heterocycles. The van der Waals surface area contributed by atoms with E-state index in [2.05, 4.69) is 64.1 Å². The molecular formula is C22H29BO3. The quantitative estimate of drug-likeness (QED) is 0.739. The summed E-state index contributed by atoms with van der Waals surface area (Å²) < 4.78 is 19.3. The zero-order valence-electron chi connectivity index (χ0n) is 16.4. The fourth-order valence-corrected chi connectivity index (χ4v) is 3.94. The molecule has 0 unspecified atom stereocenters. The first-order valence-electron chi connectivity index (χ1n) is 9.91. The van der Waals surface area contributed by atoms with E-state index < -0.39 is 7.12 Å². The van der Waals surface area contributed by atoms with Crippen molar-refractivity contribution in [1.82, 2.24) is 0 Å². The van der Waals surface area contributed by atoms with Crippen LogP contribution in [-0.2, 0) is 9.31 Å². The maximum absolute atomic E-state index is 6.48. The van der Waals surface area contributed by atoms with Gasteiger partial charge in [0.15, 0.2) is 0 Å². The van der Waals surface area contributed by atoms with Crippen molar-refractivity contribution in [3.05, 3.63) is 36.4 Å². The van der Waals surface area contributed by atoms with Crippen molar-refractivity contribution in [2.75, 3.05) is 0 Å². The first-order valence-corrected chi connectivity index (χ1v) is 9.91. The smallest absolute Gasteiger partial charge is 0.491 e. The van der Waals surface area contributed by atoms with Crippen LogP contribution in [0.15, 0.2) is 36.4 Å². The van der Waals surface area contributed by atoms with E-state index in [0.717, 1.165) is 29.4 Å². The summed E-state index contributed by atoms with van der Waals surface area (Å²) in [6, 6.07) is 12.6. The molecule has 0 amide bonds. The topological polar surface area (TPSA) is 27.7 Å². The molecule has 0 radical (unpaired) electrons. The van der Waals surface area contributed by atoms with Crippen LogP contribution in [0.5, 0.6) is 5.75 Å². The summed E-state index contributed by atoms with van der Waals surface area (Å²) in [7, 11) is -0.412. The molecule has 2 aliphatic rings. The van der Waals surface area contributed by atoms with E-state index in [-0.39, 0.29) is 11.2 Å². The van der Waals surface area contributed by atoms with E-state index in [4.69, 9.17) is 14.0 Å². The molecule has 0 aromatic heterocycles. The average Bonchev–Trinajstić information content (AvgIpc) is 2.83. The Morgan fingerprint density at radius 3 is 2.23 bits per heavy atom. The van der Waals surface area contributed by atoms with Crippen LogP contribution in [0, 0.1) is 0 Å². The lowest BCUT2D eigenvalue weighted by Crippen LogP contribution is -2.41. The number of hydrogen-bond acceptors (Lipinski definition) is 3. The fraction of sp³-hybridized carbons (Fsp3) is 0.545. The van der Waals surface area contributed by atoms with E-state index in [0.29, 0.717) is 6.10 Å². The van der Waals surface area contributed by atoms with Crippen LogP contribution in [0.2, 0.25) is 0 Å². The maximum Gasteiger partial charge on any atom is 0.499 e. The van der Waals surface area contributed by atoms with Crippen molar-refractivity contribution in [3.63, 3.8) is 0 Å². The fourth-order valence-electron chi connectivity index (χ4n) is 3.94. The molecule has 4 rings (SSSR count). The number of ether oxygens (including phenoxy) is 1. The molecule has 2 aromatic carbocycles. The van der Waals surface area contributed by atoms with Crippen molar-refractivity contribution in [2.24, 2.45) is 0 Å². The second kappa shape index (κ2) is 6.58. The van der Waals surface area contributed by atoms with Crippen LogP contribution in [0.4, 0.5) is 0 Å². The van der Waals surface area contributed by atoms with Gasteiger partial charge in [-0.1, -0.05) is 36.8 Å². The predicted molar refractivity (Wildman–Crippen MR) is 107 cm³/mol. The van der Waals surface area contributed by atoms with Gasteiger partial charge < -0.3 is 14.0 Å². The van der Waals surface area contributed by atoms with Crippen molar-refractivity contribution < 1.29 is 14.0 Å². The van der Waals surface area contributed by atoms with Crippen LogP contribution >= 0.6 is 0 Å². The highest BCUT2D eigenvalue weighted by atomic mass is 16.7. The molecule has 3 nitrogen and oxygen atoms in total. The Labute approximate surface area is 157 Å². The minimum Gasteiger partial charge on any atom is -0.491 e. The van der Waals surface area contributed by atoms with Gasteiger partial charge in [0.25, 0.3) is 0 Å². The second-order valence-corrected chi connectivity index (χ2v) is 8.66. The molecule has 1 aliphatic carbocycles. The molecule has 4 heteroatoms. The normalized spacial score (nSPS) is 22.7. The van der Waals surface area contributed by atoms with Crippen LogP contribution in [0.1, 0.15) is 59.8 Å². The number of benzene rings is 2. The van der Waals surface area contributed by atoms with E-state index >= 15 is 0 Å². The molecule has 1 heterocycles. The van der Waals surface area contributed by atoms with Crippen LogP contribution in [-0.4, -0.2) is 24.4 Å². The Balaban J connectivity index is 1.76. The molecule has 1 saturated heterocycles. The Morgan fingerprint density at radius 2 is 1.54 bits per heavy atom. The van der Waals surface area contributed by atoms with Crippen molar-refractivity contribution in [2.45, 2.75) is 77.1 Å². The van der Waals surface area contributed by atoms with Crippen LogP contribution in [0.3, 0.4) is 0 Å².